The summed E-state index contributed by atoms with van der Waals surface area (Å²) in [5.41, 5.74) is 2.32. The molecule has 1 aliphatic heterocycles. The Bertz CT molecular complexity index is 876. The van der Waals surface area contributed by atoms with E-state index in [0.29, 0.717) is 31.8 Å². The summed E-state index contributed by atoms with van der Waals surface area (Å²) in [6.07, 6.45) is 0.689. The molecule has 3 amide bonds. The third kappa shape index (κ3) is 8.34. The lowest BCUT2D eigenvalue weighted by Crippen LogP contribution is -2.57. The first kappa shape index (κ1) is 26.1. The molecule has 1 heterocycles. The first-order chi connectivity index (χ1) is 16.6. The number of carbonyl (C=O) groups is 2. The SMILES string of the molecule is CN1CCN(C(=O)C(CSCc2ccccc2)NC(=O)N(CCO)CCc2ccccc2)CC1. The molecule has 0 aromatic heterocycles. The van der Waals surface area contributed by atoms with E-state index in [1.54, 1.807) is 16.7 Å². The Morgan fingerprint density at radius 3 is 2.21 bits per heavy atom. The highest BCUT2D eigenvalue weighted by Gasteiger charge is 2.29. The molecular formula is C26H36N4O3S. The fraction of sp³-hybridized carbons (Fsp3) is 0.462. The molecule has 0 bridgehead atoms. The first-order valence-corrected chi connectivity index (χ1v) is 13.0. The maximum absolute atomic E-state index is 13.4. The van der Waals surface area contributed by atoms with Crippen molar-refractivity contribution in [3.63, 3.8) is 0 Å². The van der Waals surface area contributed by atoms with Crippen LogP contribution >= 0.6 is 11.8 Å². The molecule has 1 aliphatic rings. The minimum atomic E-state index is -0.609. The second kappa shape index (κ2) is 14.0. The number of aliphatic hydroxyl groups is 1. The minimum Gasteiger partial charge on any atom is -0.395 e. The van der Waals surface area contributed by atoms with Crippen molar-refractivity contribution < 1.29 is 14.7 Å². The van der Waals surface area contributed by atoms with E-state index in [1.807, 2.05) is 53.4 Å². The maximum Gasteiger partial charge on any atom is 0.318 e. The molecular weight excluding hydrogens is 448 g/mol. The van der Waals surface area contributed by atoms with Gasteiger partial charge in [-0.15, -0.1) is 0 Å². The third-order valence-corrected chi connectivity index (χ3v) is 7.08. The normalized spacial score (nSPS) is 15.1. The Morgan fingerprint density at radius 1 is 0.971 bits per heavy atom. The molecule has 7 nitrogen and oxygen atoms in total. The summed E-state index contributed by atoms with van der Waals surface area (Å²) in [5, 5.41) is 12.5. The molecule has 2 aromatic carbocycles. The lowest BCUT2D eigenvalue weighted by atomic mass is 10.1. The van der Waals surface area contributed by atoms with Gasteiger partial charge in [-0.05, 0) is 24.6 Å². The number of benzene rings is 2. The maximum atomic E-state index is 13.4. The van der Waals surface area contributed by atoms with Gasteiger partial charge in [-0.25, -0.2) is 4.79 Å². The standard InChI is InChI=1S/C26H36N4O3S/c1-28-14-16-29(17-15-28)25(32)24(21-34-20-23-10-6-3-7-11-23)27-26(33)30(18-19-31)13-12-22-8-4-2-5-9-22/h2-11,24,31H,12-21H2,1H3,(H,27,33). The van der Waals surface area contributed by atoms with Crippen LogP contribution in [0.3, 0.4) is 0 Å². The van der Waals surface area contributed by atoms with Crippen LogP contribution < -0.4 is 5.32 Å². The zero-order chi connectivity index (χ0) is 24.2. The molecule has 34 heavy (non-hydrogen) atoms. The Labute approximate surface area is 207 Å². The average Bonchev–Trinajstić information content (AvgIpc) is 2.87. The number of carbonyl (C=O) groups excluding carboxylic acids is 2. The smallest absolute Gasteiger partial charge is 0.318 e. The van der Waals surface area contributed by atoms with Gasteiger partial charge in [0.25, 0.3) is 0 Å². The number of amides is 3. The Hall–Kier alpha value is -2.55. The van der Waals surface area contributed by atoms with Crippen LogP contribution in [0, 0.1) is 0 Å². The molecule has 2 aromatic rings. The van der Waals surface area contributed by atoms with Crippen LogP contribution in [0.4, 0.5) is 4.79 Å². The fourth-order valence-electron chi connectivity index (χ4n) is 3.88. The zero-order valence-electron chi connectivity index (χ0n) is 19.9. The average molecular weight is 485 g/mol. The van der Waals surface area contributed by atoms with Gasteiger partial charge in [0.1, 0.15) is 6.04 Å². The van der Waals surface area contributed by atoms with Gasteiger partial charge in [-0.1, -0.05) is 60.7 Å². The highest BCUT2D eigenvalue weighted by atomic mass is 32.2. The lowest BCUT2D eigenvalue weighted by Gasteiger charge is -2.35. The molecule has 184 valence electrons. The quantitative estimate of drug-likeness (QED) is 0.512. The summed E-state index contributed by atoms with van der Waals surface area (Å²) in [4.78, 5) is 32.2. The van der Waals surface area contributed by atoms with Crippen LogP contribution in [0.5, 0.6) is 0 Å². The van der Waals surface area contributed by atoms with E-state index in [1.165, 1.54) is 5.56 Å². The van der Waals surface area contributed by atoms with E-state index < -0.39 is 6.04 Å². The summed E-state index contributed by atoms with van der Waals surface area (Å²) in [6, 6.07) is 19.2. The lowest BCUT2D eigenvalue weighted by molar-refractivity contribution is -0.134. The molecule has 0 aliphatic carbocycles. The van der Waals surface area contributed by atoms with Crippen LogP contribution in [0.25, 0.3) is 0 Å². The van der Waals surface area contributed by atoms with Crippen LogP contribution in [0.2, 0.25) is 0 Å². The Kier molecular flexibility index (Phi) is 10.7. The number of hydrogen-bond acceptors (Lipinski definition) is 5. The van der Waals surface area contributed by atoms with Crippen LogP contribution in [-0.2, 0) is 17.0 Å². The molecule has 1 atom stereocenters. The summed E-state index contributed by atoms with van der Waals surface area (Å²) < 4.78 is 0. The van der Waals surface area contributed by atoms with Crippen LogP contribution in [-0.4, -0.2) is 96.5 Å². The number of hydrogen-bond donors (Lipinski definition) is 2. The van der Waals surface area contributed by atoms with Crippen molar-refractivity contribution in [1.82, 2.24) is 20.0 Å². The largest absolute Gasteiger partial charge is 0.395 e. The minimum absolute atomic E-state index is 0.0333. The summed E-state index contributed by atoms with van der Waals surface area (Å²) in [5.74, 6) is 1.24. The number of thioether (sulfide) groups is 1. The number of likely N-dealkylation sites (N-methyl/N-ethyl adjacent to an activating group) is 1. The van der Waals surface area contributed by atoms with Crippen molar-refractivity contribution in [1.29, 1.82) is 0 Å². The predicted octanol–water partition coefficient (Wildman–Crippen LogP) is 2.31. The van der Waals surface area contributed by atoms with Crippen molar-refractivity contribution in [2.45, 2.75) is 18.2 Å². The molecule has 8 heteroatoms. The third-order valence-electron chi connectivity index (χ3n) is 5.98. The van der Waals surface area contributed by atoms with Crippen molar-refractivity contribution in [2.24, 2.45) is 0 Å². The molecule has 1 unspecified atom stereocenters. The van der Waals surface area contributed by atoms with Crippen molar-refractivity contribution in [2.75, 3.05) is 58.7 Å². The van der Waals surface area contributed by atoms with Gasteiger partial charge in [-0.3, -0.25) is 4.79 Å². The molecule has 0 saturated carbocycles. The summed E-state index contributed by atoms with van der Waals surface area (Å²) >= 11 is 1.64. The zero-order valence-corrected chi connectivity index (χ0v) is 20.8. The number of aliphatic hydroxyl groups excluding tert-OH is 1. The number of urea groups is 1. The van der Waals surface area contributed by atoms with Gasteiger partial charge >= 0.3 is 6.03 Å². The fourth-order valence-corrected chi connectivity index (χ4v) is 4.88. The molecule has 0 spiro atoms. The first-order valence-electron chi connectivity index (χ1n) is 11.9. The van der Waals surface area contributed by atoms with E-state index in [0.717, 1.165) is 24.4 Å². The Balaban J connectivity index is 1.63. The predicted molar refractivity (Wildman–Crippen MR) is 138 cm³/mol. The summed E-state index contributed by atoms with van der Waals surface area (Å²) in [6.45, 7) is 3.57. The summed E-state index contributed by atoms with van der Waals surface area (Å²) in [7, 11) is 2.05. The van der Waals surface area contributed by atoms with Crippen LogP contribution in [0.15, 0.2) is 60.7 Å². The number of rotatable bonds is 11. The van der Waals surface area contributed by atoms with Gasteiger partial charge < -0.3 is 25.1 Å². The highest BCUT2D eigenvalue weighted by Crippen LogP contribution is 2.15. The van der Waals surface area contributed by atoms with E-state index in [-0.39, 0.29) is 25.1 Å². The molecule has 1 fully saturated rings. The molecule has 2 N–H and O–H groups in total. The number of piperazine rings is 1. The number of nitrogens with one attached hydrogen (secondary N) is 1. The molecule has 3 rings (SSSR count). The topological polar surface area (TPSA) is 76.1 Å². The molecule has 1 saturated heterocycles. The van der Waals surface area contributed by atoms with E-state index >= 15 is 0 Å². The van der Waals surface area contributed by atoms with Crippen LogP contribution in [0.1, 0.15) is 11.1 Å². The van der Waals surface area contributed by atoms with Gasteiger partial charge in [0, 0.05) is 50.8 Å². The van der Waals surface area contributed by atoms with Crippen molar-refractivity contribution in [3.8, 4) is 0 Å². The Morgan fingerprint density at radius 2 is 1.59 bits per heavy atom. The second-order valence-electron chi connectivity index (χ2n) is 8.58. The van der Waals surface area contributed by atoms with E-state index in [4.69, 9.17) is 0 Å². The van der Waals surface area contributed by atoms with Gasteiger partial charge in [-0.2, -0.15) is 11.8 Å². The molecule has 0 radical (unpaired) electrons. The second-order valence-corrected chi connectivity index (χ2v) is 9.61. The highest BCUT2D eigenvalue weighted by molar-refractivity contribution is 7.98. The van der Waals surface area contributed by atoms with E-state index in [9.17, 15) is 14.7 Å². The van der Waals surface area contributed by atoms with Crippen molar-refractivity contribution >= 4 is 23.7 Å². The monoisotopic (exact) mass is 484 g/mol. The van der Waals surface area contributed by atoms with E-state index in [2.05, 4.69) is 29.4 Å². The van der Waals surface area contributed by atoms with Crippen molar-refractivity contribution in [3.05, 3.63) is 71.8 Å². The number of nitrogens with zero attached hydrogens (tertiary/aromatic N) is 3. The van der Waals surface area contributed by atoms with Gasteiger partial charge in [0.2, 0.25) is 5.91 Å². The van der Waals surface area contributed by atoms with Gasteiger partial charge in [0.05, 0.1) is 6.61 Å². The van der Waals surface area contributed by atoms with Gasteiger partial charge in [0.15, 0.2) is 0 Å².